The van der Waals surface area contributed by atoms with E-state index in [-0.39, 0.29) is 56.0 Å². The van der Waals surface area contributed by atoms with Gasteiger partial charge >= 0.3 is 52.9 Å². The molecule has 3 nitrogen and oxygen atoms in total. The summed E-state index contributed by atoms with van der Waals surface area (Å²) >= 11 is -2.11. The molecule has 0 amide bonds. The normalized spacial score (nSPS) is 12.5. The van der Waals surface area contributed by atoms with Crippen LogP contribution in [0.2, 0.25) is 0 Å². The maximum absolute atomic E-state index is 5.88. The van der Waals surface area contributed by atoms with Crippen molar-refractivity contribution in [2.45, 2.75) is 79.1 Å². The molecule has 0 radical (unpaired) electrons. The average Bonchev–Trinajstić information content (AvgIpc) is 1.70. The Labute approximate surface area is 144 Å². The second-order valence-corrected chi connectivity index (χ2v) is 8.26. The van der Waals surface area contributed by atoms with Gasteiger partial charge in [-0.2, -0.15) is 0 Å². The SMILES string of the molecule is CC(C)(C)[O][Al]([O]C(C)(C)C)[O]C(C)(C)C.[H-].[Li+].[LiH]. The molecule has 0 aliphatic heterocycles. The maximum atomic E-state index is 5.88. The van der Waals surface area contributed by atoms with E-state index in [0.717, 1.165) is 0 Å². The Bertz CT molecular complexity index is 184. The molecule has 0 atom stereocenters. The summed E-state index contributed by atoms with van der Waals surface area (Å²) in [5.41, 5.74) is -0.686. The van der Waals surface area contributed by atoms with Crippen LogP contribution in [0.4, 0.5) is 0 Å². The molecule has 0 heterocycles. The number of hydrogen-bond acceptors (Lipinski definition) is 3. The number of hydrogen-bond donors (Lipinski definition) is 0. The molecule has 18 heavy (non-hydrogen) atoms. The molecule has 0 aliphatic rings. The summed E-state index contributed by atoms with van der Waals surface area (Å²) < 4.78 is 17.7. The van der Waals surface area contributed by atoms with Crippen LogP contribution in [0.5, 0.6) is 0 Å². The second-order valence-electron chi connectivity index (χ2n) is 6.98. The zero-order chi connectivity index (χ0) is 13.2. The van der Waals surface area contributed by atoms with Gasteiger partial charge in [0.1, 0.15) is 0 Å². The predicted molar refractivity (Wildman–Crippen MR) is 76.5 cm³/mol. The first kappa shape index (κ1) is 24.6. The third-order valence-electron chi connectivity index (χ3n) is 1.35. The fourth-order valence-corrected chi connectivity index (χ4v) is 2.81. The van der Waals surface area contributed by atoms with Crippen molar-refractivity contribution in [2.24, 2.45) is 0 Å². The molecule has 6 heteroatoms. The van der Waals surface area contributed by atoms with Crippen molar-refractivity contribution in [3.05, 3.63) is 0 Å². The van der Waals surface area contributed by atoms with E-state index in [1.54, 1.807) is 0 Å². The van der Waals surface area contributed by atoms with Gasteiger partial charge in [0.05, 0.1) is 0 Å². The molecule has 0 saturated carbocycles. The van der Waals surface area contributed by atoms with Crippen molar-refractivity contribution in [1.29, 1.82) is 0 Å². The van der Waals surface area contributed by atoms with Crippen LogP contribution in [0.1, 0.15) is 63.7 Å². The first-order valence-electron chi connectivity index (χ1n) is 5.82. The Morgan fingerprint density at radius 3 is 0.889 bits per heavy atom. The fraction of sp³-hybridized carbons (Fsp3) is 1.00. The van der Waals surface area contributed by atoms with Crippen molar-refractivity contribution in [1.82, 2.24) is 0 Å². The van der Waals surface area contributed by atoms with Gasteiger partial charge in [0.2, 0.25) is 0 Å². The van der Waals surface area contributed by atoms with Gasteiger partial charge in [-0.15, -0.1) is 0 Å². The minimum atomic E-state index is -2.11. The zero-order valence-electron chi connectivity index (χ0n) is 14.3. The molecule has 0 aromatic rings. The Hall–Kier alpha value is 1.61. The van der Waals surface area contributed by atoms with Crippen LogP contribution in [0.25, 0.3) is 0 Å². The first-order chi connectivity index (χ1) is 6.79. The average molecular weight is 262 g/mol. The standard InChI is InChI=1S/3C4H9O.Al.2Li.2H/c3*1-4(2,3)5;;;;;/h3*1-3H3;;;;;/q3*-1;+3;;+1;;-1. The molecule has 0 rings (SSSR count). The summed E-state index contributed by atoms with van der Waals surface area (Å²) in [6, 6.07) is 0. The van der Waals surface area contributed by atoms with Crippen LogP contribution in [-0.4, -0.2) is 50.8 Å². The summed E-state index contributed by atoms with van der Waals surface area (Å²) in [4.78, 5) is 0. The molecule has 100 valence electrons. The topological polar surface area (TPSA) is 27.7 Å². The third-order valence-corrected chi connectivity index (χ3v) is 4.05. The Morgan fingerprint density at radius 1 is 0.611 bits per heavy atom. The molecule has 0 aromatic heterocycles. The van der Waals surface area contributed by atoms with Crippen LogP contribution in [0, 0.1) is 0 Å². The van der Waals surface area contributed by atoms with Crippen molar-refractivity contribution < 1.29 is 31.7 Å². The molecule has 0 bridgehead atoms. The molecular formula is C12H29AlLi2O3. The van der Waals surface area contributed by atoms with Gasteiger partial charge in [0.15, 0.2) is 0 Å². The summed E-state index contributed by atoms with van der Waals surface area (Å²) in [7, 11) is 0. The van der Waals surface area contributed by atoms with Crippen molar-refractivity contribution in [2.75, 3.05) is 0 Å². The van der Waals surface area contributed by atoms with E-state index in [4.69, 9.17) is 11.4 Å². The molecule has 0 aliphatic carbocycles. The van der Waals surface area contributed by atoms with Gasteiger partial charge in [-0.3, -0.25) is 0 Å². The van der Waals surface area contributed by atoms with Crippen molar-refractivity contribution in [3.63, 3.8) is 0 Å². The van der Waals surface area contributed by atoms with Crippen LogP contribution in [-0.2, 0) is 11.4 Å². The van der Waals surface area contributed by atoms with Crippen LogP contribution in [0.15, 0.2) is 0 Å². The summed E-state index contributed by atoms with van der Waals surface area (Å²) in [5, 5.41) is 0. The van der Waals surface area contributed by atoms with Crippen LogP contribution < -0.4 is 18.9 Å². The Balaban J connectivity index is -0.000000375. The van der Waals surface area contributed by atoms with Gasteiger partial charge < -0.3 is 12.8 Å². The van der Waals surface area contributed by atoms with Gasteiger partial charge in [-0.25, -0.2) is 0 Å². The van der Waals surface area contributed by atoms with Crippen LogP contribution in [0.3, 0.4) is 0 Å². The molecular weight excluding hydrogens is 233 g/mol. The second kappa shape index (κ2) is 8.80. The van der Waals surface area contributed by atoms with E-state index in [2.05, 4.69) is 0 Å². The van der Waals surface area contributed by atoms with E-state index >= 15 is 0 Å². The molecule has 0 fully saturated rings. The van der Waals surface area contributed by atoms with E-state index in [1.165, 1.54) is 0 Å². The summed E-state index contributed by atoms with van der Waals surface area (Å²) in [6.45, 7) is 18.2. The van der Waals surface area contributed by atoms with Crippen LogP contribution >= 0.6 is 0 Å². The monoisotopic (exact) mass is 262 g/mol. The molecule has 0 saturated heterocycles. The fourth-order valence-electron chi connectivity index (χ4n) is 0.938. The molecule has 0 aromatic carbocycles. The number of rotatable bonds is 3. The molecule has 0 N–H and O–H groups in total. The summed E-state index contributed by atoms with van der Waals surface area (Å²) in [5.74, 6) is 0. The van der Waals surface area contributed by atoms with E-state index in [1.807, 2.05) is 62.3 Å². The van der Waals surface area contributed by atoms with E-state index < -0.39 is 15.1 Å². The Morgan fingerprint density at radius 2 is 0.778 bits per heavy atom. The predicted octanol–water partition coefficient (Wildman–Crippen LogP) is -0.115. The van der Waals surface area contributed by atoms with Gasteiger partial charge in [-0.05, 0) is 62.3 Å². The quantitative estimate of drug-likeness (QED) is 0.664. The van der Waals surface area contributed by atoms with E-state index in [9.17, 15) is 0 Å². The van der Waals surface area contributed by atoms with Crippen molar-refractivity contribution in [3.8, 4) is 0 Å². The van der Waals surface area contributed by atoms with Gasteiger partial charge in [-0.1, -0.05) is 0 Å². The van der Waals surface area contributed by atoms with Gasteiger partial charge in [0.25, 0.3) is 0 Å². The first-order valence-corrected chi connectivity index (χ1v) is 7.23. The van der Waals surface area contributed by atoms with Gasteiger partial charge in [0, 0.05) is 16.8 Å². The molecule has 0 unspecified atom stereocenters. The van der Waals surface area contributed by atoms with E-state index in [0.29, 0.717) is 0 Å². The minimum absolute atomic E-state index is 0. The molecule has 0 spiro atoms. The Kier molecular flexibility index (Phi) is 12.0. The van der Waals surface area contributed by atoms with Crippen molar-refractivity contribution >= 4 is 34.0 Å². The third kappa shape index (κ3) is 17.6. The summed E-state index contributed by atoms with van der Waals surface area (Å²) in [6.07, 6.45) is 0. The zero-order valence-corrected chi connectivity index (χ0v) is 14.5.